The van der Waals surface area contributed by atoms with Crippen molar-refractivity contribution in [1.82, 2.24) is 5.32 Å². The zero-order valence-corrected chi connectivity index (χ0v) is 12.0. The van der Waals surface area contributed by atoms with Crippen LogP contribution in [0.3, 0.4) is 0 Å². The zero-order chi connectivity index (χ0) is 14.4. The van der Waals surface area contributed by atoms with Gasteiger partial charge >= 0.3 is 5.97 Å². The van der Waals surface area contributed by atoms with Gasteiger partial charge < -0.3 is 19.5 Å². The third-order valence-corrected chi connectivity index (χ3v) is 3.40. The number of rotatable bonds is 7. The number of fused-ring (bicyclic) bond motifs is 1. The zero-order valence-electron chi connectivity index (χ0n) is 12.0. The van der Waals surface area contributed by atoms with E-state index in [2.05, 4.69) is 23.0 Å². The van der Waals surface area contributed by atoms with Gasteiger partial charge in [-0.1, -0.05) is 13.0 Å². The van der Waals surface area contributed by atoms with Gasteiger partial charge in [-0.3, -0.25) is 4.79 Å². The van der Waals surface area contributed by atoms with E-state index in [9.17, 15) is 4.79 Å². The lowest BCUT2D eigenvalue weighted by Gasteiger charge is -2.17. The summed E-state index contributed by atoms with van der Waals surface area (Å²) >= 11 is 0. The maximum absolute atomic E-state index is 11.1. The van der Waals surface area contributed by atoms with Gasteiger partial charge in [-0.15, -0.1) is 0 Å². The van der Waals surface area contributed by atoms with Gasteiger partial charge in [0.25, 0.3) is 0 Å². The second-order valence-corrected chi connectivity index (χ2v) is 4.78. The molecule has 1 unspecified atom stereocenters. The lowest BCUT2D eigenvalue weighted by atomic mass is 10.0. The highest BCUT2D eigenvalue weighted by Gasteiger charge is 2.15. The fourth-order valence-electron chi connectivity index (χ4n) is 2.19. The summed E-state index contributed by atoms with van der Waals surface area (Å²) in [6.07, 6.45) is 2.29. The van der Waals surface area contributed by atoms with Crippen molar-refractivity contribution in [3.05, 3.63) is 23.8 Å². The van der Waals surface area contributed by atoms with Crippen molar-refractivity contribution in [1.29, 1.82) is 0 Å². The molecule has 0 radical (unpaired) electrons. The first-order valence-corrected chi connectivity index (χ1v) is 6.91. The van der Waals surface area contributed by atoms with Crippen LogP contribution in [0.15, 0.2) is 18.2 Å². The van der Waals surface area contributed by atoms with Crippen LogP contribution in [0.5, 0.6) is 11.5 Å². The minimum atomic E-state index is -0.185. The lowest BCUT2D eigenvalue weighted by molar-refractivity contribution is -0.140. The first-order valence-electron chi connectivity index (χ1n) is 6.91. The molecule has 0 spiro atoms. The Morgan fingerprint density at radius 1 is 1.40 bits per heavy atom. The second-order valence-electron chi connectivity index (χ2n) is 4.78. The largest absolute Gasteiger partial charge is 0.469 e. The number of esters is 1. The number of hydrogen-bond donors (Lipinski definition) is 1. The predicted octanol–water partition coefficient (Wildman–Crippen LogP) is 1.89. The molecule has 1 heterocycles. The molecule has 5 heteroatoms. The normalized spacial score (nSPS) is 14.1. The summed E-state index contributed by atoms with van der Waals surface area (Å²) < 4.78 is 15.3. The van der Waals surface area contributed by atoms with E-state index in [0.717, 1.165) is 24.3 Å². The molecule has 1 aromatic rings. The number of nitrogens with one attached hydrogen (secondary N) is 1. The minimum Gasteiger partial charge on any atom is -0.469 e. The van der Waals surface area contributed by atoms with Crippen molar-refractivity contribution in [3.63, 3.8) is 0 Å². The summed E-state index contributed by atoms with van der Waals surface area (Å²) in [4.78, 5) is 11.1. The summed E-state index contributed by atoms with van der Waals surface area (Å²) in [5.41, 5.74) is 1.20. The monoisotopic (exact) mass is 279 g/mol. The molecule has 5 nitrogen and oxygen atoms in total. The molecule has 0 amide bonds. The molecule has 1 aliphatic rings. The SMILES string of the molecule is CCC(Cc1ccc2c(c1)OCO2)NCCC(=O)OC. The molecule has 0 saturated carbocycles. The molecular formula is C15H21NO4. The van der Waals surface area contributed by atoms with Gasteiger partial charge in [-0.05, 0) is 30.5 Å². The molecule has 2 rings (SSSR count). The molecule has 0 aliphatic carbocycles. The summed E-state index contributed by atoms with van der Waals surface area (Å²) in [6, 6.07) is 6.35. The smallest absolute Gasteiger partial charge is 0.306 e. The van der Waals surface area contributed by atoms with Crippen LogP contribution >= 0.6 is 0 Å². The summed E-state index contributed by atoms with van der Waals surface area (Å²) in [5.74, 6) is 1.43. The van der Waals surface area contributed by atoms with Gasteiger partial charge in [0.05, 0.1) is 13.5 Å². The van der Waals surface area contributed by atoms with Crippen molar-refractivity contribution in [3.8, 4) is 11.5 Å². The van der Waals surface area contributed by atoms with E-state index in [1.165, 1.54) is 12.7 Å². The molecule has 0 aromatic heterocycles. The van der Waals surface area contributed by atoms with Gasteiger partial charge in [-0.2, -0.15) is 0 Å². The lowest BCUT2D eigenvalue weighted by Crippen LogP contribution is -2.32. The van der Waals surface area contributed by atoms with Crippen LogP contribution in [0, 0.1) is 0 Å². The molecule has 1 aromatic carbocycles. The first-order chi connectivity index (χ1) is 9.72. The highest BCUT2D eigenvalue weighted by Crippen LogP contribution is 2.32. The molecule has 0 bridgehead atoms. The third kappa shape index (κ3) is 3.87. The number of benzene rings is 1. The standard InChI is InChI=1S/C15H21NO4/c1-3-12(16-7-6-15(17)18-2)8-11-4-5-13-14(9-11)20-10-19-13/h4-5,9,12,16H,3,6-8,10H2,1-2H3. The van der Waals surface area contributed by atoms with E-state index in [-0.39, 0.29) is 5.97 Å². The van der Waals surface area contributed by atoms with E-state index in [4.69, 9.17) is 9.47 Å². The molecule has 1 aliphatic heterocycles. The van der Waals surface area contributed by atoms with Crippen molar-refractivity contribution in [2.24, 2.45) is 0 Å². The molecular weight excluding hydrogens is 258 g/mol. The van der Waals surface area contributed by atoms with Crippen LogP contribution in [0.1, 0.15) is 25.3 Å². The van der Waals surface area contributed by atoms with Gasteiger partial charge in [0.2, 0.25) is 6.79 Å². The Kier molecular flexibility index (Phi) is 5.24. The molecule has 20 heavy (non-hydrogen) atoms. The van der Waals surface area contributed by atoms with Crippen molar-refractivity contribution in [2.75, 3.05) is 20.4 Å². The Hall–Kier alpha value is -1.75. The van der Waals surface area contributed by atoms with Crippen LogP contribution in [0.2, 0.25) is 0 Å². The predicted molar refractivity (Wildman–Crippen MR) is 75.0 cm³/mol. The van der Waals surface area contributed by atoms with Gasteiger partial charge in [0, 0.05) is 12.6 Å². The van der Waals surface area contributed by atoms with Gasteiger partial charge in [0.1, 0.15) is 0 Å². The third-order valence-electron chi connectivity index (χ3n) is 3.40. The molecule has 1 N–H and O–H groups in total. The highest BCUT2D eigenvalue weighted by molar-refractivity contribution is 5.69. The van der Waals surface area contributed by atoms with Crippen LogP contribution < -0.4 is 14.8 Å². The highest BCUT2D eigenvalue weighted by atomic mass is 16.7. The summed E-state index contributed by atoms with van der Waals surface area (Å²) in [7, 11) is 1.41. The fraction of sp³-hybridized carbons (Fsp3) is 0.533. The average molecular weight is 279 g/mol. The molecule has 1 atom stereocenters. The quantitative estimate of drug-likeness (QED) is 0.772. The number of methoxy groups -OCH3 is 1. The summed E-state index contributed by atoms with van der Waals surface area (Å²) in [6.45, 7) is 3.06. The van der Waals surface area contributed by atoms with Crippen LogP contribution in [0.25, 0.3) is 0 Å². The summed E-state index contributed by atoms with van der Waals surface area (Å²) in [5, 5.41) is 3.38. The van der Waals surface area contributed by atoms with E-state index in [0.29, 0.717) is 25.8 Å². The number of ether oxygens (including phenoxy) is 3. The van der Waals surface area contributed by atoms with Crippen LogP contribution in [-0.4, -0.2) is 32.5 Å². The number of hydrogen-bond acceptors (Lipinski definition) is 5. The van der Waals surface area contributed by atoms with Crippen molar-refractivity contribution >= 4 is 5.97 Å². The van der Waals surface area contributed by atoms with Crippen molar-refractivity contribution in [2.45, 2.75) is 32.2 Å². The average Bonchev–Trinajstić information content (AvgIpc) is 2.93. The number of carbonyl (C=O) groups is 1. The maximum atomic E-state index is 11.1. The Balaban J connectivity index is 1.85. The van der Waals surface area contributed by atoms with E-state index in [1.807, 2.05) is 12.1 Å². The van der Waals surface area contributed by atoms with E-state index >= 15 is 0 Å². The Morgan fingerprint density at radius 3 is 2.95 bits per heavy atom. The second kappa shape index (κ2) is 7.14. The van der Waals surface area contributed by atoms with Crippen LogP contribution in [0.4, 0.5) is 0 Å². The van der Waals surface area contributed by atoms with Gasteiger partial charge in [0.15, 0.2) is 11.5 Å². The number of carbonyl (C=O) groups excluding carboxylic acids is 1. The molecule has 0 saturated heterocycles. The van der Waals surface area contributed by atoms with E-state index < -0.39 is 0 Å². The first kappa shape index (κ1) is 14.7. The van der Waals surface area contributed by atoms with E-state index in [1.54, 1.807) is 0 Å². The minimum absolute atomic E-state index is 0.185. The Bertz CT molecular complexity index is 461. The van der Waals surface area contributed by atoms with Crippen molar-refractivity contribution < 1.29 is 19.0 Å². The Morgan fingerprint density at radius 2 is 2.20 bits per heavy atom. The fourth-order valence-corrected chi connectivity index (χ4v) is 2.19. The molecule has 110 valence electrons. The Labute approximate surface area is 119 Å². The molecule has 0 fully saturated rings. The topological polar surface area (TPSA) is 56.8 Å². The van der Waals surface area contributed by atoms with Gasteiger partial charge in [-0.25, -0.2) is 0 Å². The van der Waals surface area contributed by atoms with Crippen LogP contribution in [-0.2, 0) is 16.0 Å². The maximum Gasteiger partial charge on any atom is 0.306 e.